The number of carbonyl (C=O) groups is 1. The van der Waals surface area contributed by atoms with Crippen molar-refractivity contribution in [2.45, 2.75) is 32.9 Å². The molecule has 4 aromatic rings. The number of ether oxygens (including phenoxy) is 1. The zero-order chi connectivity index (χ0) is 21.1. The Balaban J connectivity index is 1.62. The highest BCUT2D eigenvalue weighted by Crippen LogP contribution is 2.24. The maximum absolute atomic E-state index is 13.2. The Bertz CT molecular complexity index is 1150. The van der Waals surface area contributed by atoms with Gasteiger partial charge in [0, 0.05) is 10.6 Å². The highest BCUT2D eigenvalue weighted by molar-refractivity contribution is 7.09. The van der Waals surface area contributed by atoms with E-state index >= 15 is 0 Å². The van der Waals surface area contributed by atoms with Crippen molar-refractivity contribution in [3.63, 3.8) is 0 Å². The second-order valence-corrected chi connectivity index (χ2v) is 8.17. The van der Waals surface area contributed by atoms with Crippen LogP contribution in [0.5, 0.6) is 5.75 Å². The van der Waals surface area contributed by atoms with Crippen LogP contribution in [0.3, 0.4) is 0 Å². The number of methoxy groups -OCH3 is 1. The molecule has 7 heteroatoms. The van der Waals surface area contributed by atoms with Crippen molar-refractivity contribution in [2.24, 2.45) is 0 Å². The predicted molar refractivity (Wildman–Crippen MR) is 119 cm³/mol. The number of aromatic nitrogens is 3. The van der Waals surface area contributed by atoms with Crippen LogP contribution in [0.4, 0.5) is 0 Å². The first-order valence-corrected chi connectivity index (χ1v) is 10.8. The first-order valence-electron chi connectivity index (χ1n) is 9.89. The average Bonchev–Trinajstić information content (AvgIpc) is 3.42. The Hall–Kier alpha value is -3.19. The molecule has 0 aliphatic rings. The molecule has 154 valence electrons. The Morgan fingerprint density at radius 3 is 2.73 bits per heavy atom. The normalized spacial score (nSPS) is 12.1. The van der Waals surface area contributed by atoms with Crippen molar-refractivity contribution in [1.29, 1.82) is 0 Å². The second kappa shape index (κ2) is 8.67. The summed E-state index contributed by atoms with van der Waals surface area (Å²) in [6, 6.07) is 13.6. The van der Waals surface area contributed by atoms with Crippen LogP contribution in [0.15, 0.2) is 54.0 Å². The molecule has 0 saturated heterocycles. The maximum atomic E-state index is 13.2. The zero-order valence-corrected chi connectivity index (χ0v) is 18.1. The molecule has 0 fully saturated rings. The van der Waals surface area contributed by atoms with Gasteiger partial charge in [-0.15, -0.1) is 11.3 Å². The Kier molecular flexibility index (Phi) is 5.81. The van der Waals surface area contributed by atoms with E-state index < -0.39 is 0 Å². The molecule has 0 saturated carbocycles. The predicted octanol–water partition coefficient (Wildman–Crippen LogP) is 4.74. The summed E-state index contributed by atoms with van der Waals surface area (Å²) in [5.74, 6) is 0.674. The molecular weight excluding hydrogens is 396 g/mol. The highest BCUT2D eigenvalue weighted by atomic mass is 32.1. The molecule has 0 unspecified atom stereocenters. The number of aryl methyl sites for hydroxylation is 1. The van der Waals surface area contributed by atoms with Gasteiger partial charge in [0.1, 0.15) is 5.75 Å². The number of thiophene rings is 1. The highest BCUT2D eigenvalue weighted by Gasteiger charge is 2.19. The van der Waals surface area contributed by atoms with Crippen molar-refractivity contribution in [2.75, 3.05) is 7.11 Å². The molecule has 30 heavy (non-hydrogen) atoms. The summed E-state index contributed by atoms with van der Waals surface area (Å²) in [5.41, 5.74) is 3.16. The number of amides is 1. The Labute approximate surface area is 179 Å². The largest absolute Gasteiger partial charge is 0.497 e. The van der Waals surface area contributed by atoms with Crippen LogP contribution >= 0.6 is 11.3 Å². The number of hydrogen-bond acceptors (Lipinski definition) is 5. The third kappa shape index (κ3) is 4.07. The minimum atomic E-state index is -0.121. The van der Waals surface area contributed by atoms with Crippen molar-refractivity contribution >= 4 is 28.3 Å². The summed E-state index contributed by atoms with van der Waals surface area (Å²) in [5, 5.41) is 10.5. The van der Waals surface area contributed by atoms with Gasteiger partial charge in [-0.2, -0.15) is 5.10 Å². The topological polar surface area (TPSA) is 69.0 Å². The van der Waals surface area contributed by atoms with E-state index in [1.807, 2.05) is 53.4 Å². The van der Waals surface area contributed by atoms with Gasteiger partial charge in [-0.05, 0) is 48.6 Å². The molecule has 0 spiro atoms. The molecule has 1 N–H and O–H groups in total. The molecule has 3 aromatic heterocycles. The lowest BCUT2D eigenvalue weighted by molar-refractivity contribution is 0.0937. The summed E-state index contributed by atoms with van der Waals surface area (Å²) in [7, 11) is 1.64. The van der Waals surface area contributed by atoms with Crippen molar-refractivity contribution in [3.8, 4) is 5.75 Å². The van der Waals surface area contributed by atoms with Gasteiger partial charge in [0.05, 0.1) is 36.8 Å². The SMILES string of the molecule is CC[C@H](NC(=O)c1cc(C)nc2c1cnn2Cc1cccs1)c1ccc(OC)cc1. The lowest BCUT2D eigenvalue weighted by atomic mass is 10.0. The van der Waals surface area contributed by atoms with Crippen LogP contribution in [0.1, 0.15) is 45.9 Å². The molecule has 0 aliphatic carbocycles. The monoisotopic (exact) mass is 420 g/mol. The fourth-order valence-electron chi connectivity index (χ4n) is 3.52. The average molecular weight is 421 g/mol. The van der Waals surface area contributed by atoms with Gasteiger partial charge in [0.25, 0.3) is 5.91 Å². The van der Waals surface area contributed by atoms with Crippen LogP contribution in [-0.2, 0) is 6.54 Å². The summed E-state index contributed by atoms with van der Waals surface area (Å²) in [6.07, 6.45) is 2.52. The molecular formula is C23H24N4O2S. The number of fused-ring (bicyclic) bond motifs is 1. The number of rotatable bonds is 7. The van der Waals surface area contributed by atoms with E-state index in [0.29, 0.717) is 12.1 Å². The molecule has 6 nitrogen and oxygen atoms in total. The van der Waals surface area contributed by atoms with Gasteiger partial charge in [-0.1, -0.05) is 25.1 Å². The van der Waals surface area contributed by atoms with Gasteiger partial charge in [0.2, 0.25) is 0 Å². The molecule has 3 heterocycles. The van der Waals surface area contributed by atoms with Crippen LogP contribution < -0.4 is 10.1 Å². The number of pyridine rings is 1. The smallest absolute Gasteiger partial charge is 0.252 e. The van der Waals surface area contributed by atoms with Crippen molar-refractivity contribution in [1.82, 2.24) is 20.1 Å². The standard InChI is InChI=1S/C23H24N4O2S/c1-4-21(16-7-9-17(29-3)10-8-16)26-23(28)19-12-15(2)25-22-20(19)13-24-27(22)14-18-6-5-11-30-18/h5-13,21H,4,14H2,1-3H3,(H,26,28)/t21-/m0/s1. The van der Waals surface area contributed by atoms with Crippen LogP contribution in [-0.4, -0.2) is 27.8 Å². The van der Waals surface area contributed by atoms with E-state index in [4.69, 9.17) is 4.74 Å². The van der Waals surface area contributed by atoms with Crippen LogP contribution in [0.25, 0.3) is 11.0 Å². The van der Waals surface area contributed by atoms with E-state index in [1.165, 1.54) is 4.88 Å². The van der Waals surface area contributed by atoms with Gasteiger partial charge in [-0.25, -0.2) is 9.67 Å². The first kappa shape index (κ1) is 20.1. The lowest BCUT2D eigenvalue weighted by Crippen LogP contribution is -2.28. The van der Waals surface area contributed by atoms with Crippen molar-refractivity contribution in [3.05, 3.63) is 75.7 Å². The molecule has 1 aromatic carbocycles. The summed E-state index contributed by atoms with van der Waals surface area (Å²) >= 11 is 1.68. The number of hydrogen-bond donors (Lipinski definition) is 1. The summed E-state index contributed by atoms with van der Waals surface area (Å²) in [6.45, 7) is 4.60. The summed E-state index contributed by atoms with van der Waals surface area (Å²) < 4.78 is 7.08. The number of benzene rings is 1. The van der Waals surface area contributed by atoms with Crippen LogP contribution in [0, 0.1) is 6.92 Å². The summed E-state index contributed by atoms with van der Waals surface area (Å²) in [4.78, 5) is 19.0. The van der Waals surface area contributed by atoms with Crippen LogP contribution in [0.2, 0.25) is 0 Å². The molecule has 0 radical (unpaired) electrons. The third-order valence-corrected chi connectivity index (χ3v) is 5.96. The number of nitrogens with one attached hydrogen (secondary N) is 1. The fraction of sp³-hybridized carbons (Fsp3) is 0.261. The zero-order valence-electron chi connectivity index (χ0n) is 17.3. The fourth-order valence-corrected chi connectivity index (χ4v) is 4.21. The third-order valence-electron chi connectivity index (χ3n) is 5.10. The van der Waals surface area contributed by atoms with E-state index in [-0.39, 0.29) is 11.9 Å². The quantitative estimate of drug-likeness (QED) is 0.469. The van der Waals surface area contributed by atoms with Gasteiger partial charge >= 0.3 is 0 Å². The van der Waals surface area contributed by atoms with E-state index in [9.17, 15) is 4.79 Å². The Morgan fingerprint density at radius 1 is 1.27 bits per heavy atom. The minimum absolute atomic E-state index is 0.0897. The molecule has 4 rings (SSSR count). The van der Waals surface area contributed by atoms with Crippen molar-refractivity contribution < 1.29 is 9.53 Å². The number of nitrogens with zero attached hydrogens (tertiary/aromatic N) is 3. The molecule has 0 aliphatic heterocycles. The van der Waals surface area contributed by atoms with Gasteiger partial charge < -0.3 is 10.1 Å². The lowest BCUT2D eigenvalue weighted by Gasteiger charge is -2.18. The minimum Gasteiger partial charge on any atom is -0.497 e. The van der Waals surface area contributed by atoms with E-state index in [0.717, 1.165) is 34.5 Å². The molecule has 0 bridgehead atoms. The van der Waals surface area contributed by atoms with Gasteiger partial charge in [0.15, 0.2) is 5.65 Å². The van der Waals surface area contributed by atoms with E-state index in [1.54, 1.807) is 24.6 Å². The number of carbonyl (C=O) groups excluding carboxylic acids is 1. The van der Waals surface area contributed by atoms with Gasteiger partial charge in [-0.3, -0.25) is 4.79 Å². The second-order valence-electron chi connectivity index (χ2n) is 7.14. The van der Waals surface area contributed by atoms with E-state index in [2.05, 4.69) is 28.4 Å². The Morgan fingerprint density at radius 2 is 2.07 bits per heavy atom. The molecule has 1 amide bonds. The maximum Gasteiger partial charge on any atom is 0.252 e. The molecule has 1 atom stereocenters. The first-order chi connectivity index (χ1) is 14.6.